The summed E-state index contributed by atoms with van der Waals surface area (Å²) >= 11 is 0. The molecule has 1 aliphatic carbocycles. The van der Waals surface area contributed by atoms with E-state index in [0.717, 1.165) is 5.56 Å². The fourth-order valence-corrected chi connectivity index (χ4v) is 2.24. The number of ether oxygens (including phenoxy) is 2. The van der Waals surface area contributed by atoms with E-state index in [1.807, 2.05) is 0 Å². The van der Waals surface area contributed by atoms with Gasteiger partial charge in [0.25, 0.3) is 0 Å². The predicted octanol–water partition coefficient (Wildman–Crippen LogP) is 1.87. The van der Waals surface area contributed by atoms with Crippen molar-refractivity contribution < 1.29 is 23.5 Å². The second-order valence-corrected chi connectivity index (χ2v) is 4.14. The van der Waals surface area contributed by atoms with Crippen LogP contribution in [0.3, 0.4) is 0 Å². The highest BCUT2D eigenvalue weighted by atomic mass is 19.1. The van der Waals surface area contributed by atoms with Gasteiger partial charge in [-0.25, -0.2) is 14.0 Å². The fraction of sp³-hybridized carbons (Fsp3) is 0.286. The maximum atomic E-state index is 13.3. The number of methoxy groups -OCH3 is 2. The third-order valence-corrected chi connectivity index (χ3v) is 3.12. The van der Waals surface area contributed by atoms with Gasteiger partial charge in [-0.05, 0) is 41.7 Å². The van der Waals surface area contributed by atoms with Crippen LogP contribution in [0.2, 0.25) is 0 Å². The number of benzene rings is 1. The Morgan fingerprint density at radius 3 is 2.32 bits per heavy atom. The molecule has 0 saturated heterocycles. The second-order valence-electron chi connectivity index (χ2n) is 4.14. The second kappa shape index (κ2) is 5.22. The molecule has 0 saturated carbocycles. The molecular weight excluding hydrogens is 251 g/mol. The first kappa shape index (κ1) is 13.3. The van der Waals surface area contributed by atoms with Gasteiger partial charge in [0.2, 0.25) is 0 Å². The highest BCUT2D eigenvalue weighted by molar-refractivity contribution is 6.20. The zero-order chi connectivity index (χ0) is 14.0. The quantitative estimate of drug-likeness (QED) is 0.354. The van der Waals surface area contributed by atoms with E-state index in [4.69, 9.17) is 0 Å². The van der Waals surface area contributed by atoms with Crippen LogP contribution in [0.5, 0.6) is 0 Å². The summed E-state index contributed by atoms with van der Waals surface area (Å²) in [6.07, 6.45) is 1.14. The van der Waals surface area contributed by atoms with Crippen molar-refractivity contribution in [3.8, 4) is 0 Å². The molecule has 0 aliphatic heterocycles. The molecule has 100 valence electrons. The molecule has 4 nitrogen and oxygen atoms in total. The van der Waals surface area contributed by atoms with Gasteiger partial charge in [-0.1, -0.05) is 6.07 Å². The van der Waals surface area contributed by atoms with Gasteiger partial charge >= 0.3 is 11.9 Å². The average Bonchev–Trinajstić information content (AvgIpc) is 2.81. The van der Waals surface area contributed by atoms with E-state index in [1.54, 1.807) is 6.07 Å². The van der Waals surface area contributed by atoms with Crippen molar-refractivity contribution >= 4 is 17.5 Å². The Balaban J connectivity index is 2.61. The Kier molecular flexibility index (Phi) is 3.64. The van der Waals surface area contributed by atoms with Crippen LogP contribution < -0.4 is 0 Å². The summed E-state index contributed by atoms with van der Waals surface area (Å²) < 4.78 is 22.5. The van der Waals surface area contributed by atoms with Crippen LogP contribution in [-0.2, 0) is 25.5 Å². The van der Waals surface area contributed by atoms with Crippen LogP contribution in [-0.4, -0.2) is 26.2 Å². The summed E-state index contributed by atoms with van der Waals surface area (Å²) in [5.41, 5.74) is 1.80. The minimum atomic E-state index is -0.765. The molecule has 0 N–H and O–H groups in total. The van der Waals surface area contributed by atoms with Crippen LogP contribution in [0.4, 0.5) is 4.39 Å². The van der Waals surface area contributed by atoms with E-state index >= 15 is 0 Å². The van der Waals surface area contributed by atoms with Gasteiger partial charge in [-0.3, -0.25) is 0 Å². The lowest BCUT2D eigenvalue weighted by Crippen LogP contribution is -2.17. The van der Waals surface area contributed by atoms with E-state index in [1.165, 1.54) is 26.4 Å². The van der Waals surface area contributed by atoms with Gasteiger partial charge in [-0.15, -0.1) is 0 Å². The summed E-state index contributed by atoms with van der Waals surface area (Å²) in [5, 5.41) is 0. The first-order chi connectivity index (χ1) is 9.08. The Hall–Kier alpha value is -2.17. The molecule has 0 unspecified atom stereocenters. The number of esters is 2. The van der Waals surface area contributed by atoms with E-state index in [-0.39, 0.29) is 5.57 Å². The van der Waals surface area contributed by atoms with Crippen LogP contribution >= 0.6 is 0 Å². The van der Waals surface area contributed by atoms with Crippen molar-refractivity contribution in [2.45, 2.75) is 12.8 Å². The monoisotopic (exact) mass is 264 g/mol. The zero-order valence-electron chi connectivity index (χ0n) is 10.7. The SMILES string of the molecule is COC(=O)C(C(=O)OC)=C1CCc2ccc(F)cc21. The largest absolute Gasteiger partial charge is 0.465 e. The molecule has 0 spiro atoms. The molecule has 1 aromatic carbocycles. The van der Waals surface area contributed by atoms with Gasteiger partial charge in [0.15, 0.2) is 0 Å². The third-order valence-electron chi connectivity index (χ3n) is 3.12. The van der Waals surface area contributed by atoms with Crippen molar-refractivity contribution in [2.75, 3.05) is 14.2 Å². The lowest BCUT2D eigenvalue weighted by molar-refractivity contribution is -0.143. The van der Waals surface area contributed by atoms with Crippen molar-refractivity contribution in [1.29, 1.82) is 0 Å². The van der Waals surface area contributed by atoms with E-state index in [2.05, 4.69) is 9.47 Å². The average molecular weight is 264 g/mol. The molecule has 0 aromatic heterocycles. The van der Waals surface area contributed by atoms with Gasteiger partial charge in [0.1, 0.15) is 11.4 Å². The number of carbonyl (C=O) groups excluding carboxylic acids is 2. The van der Waals surface area contributed by atoms with Crippen molar-refractivity contribution in [3.05, 3.63) is 40.7 Å². The van der Waals surface area contributed by atoms with Crippen LogP contribution in [0, 0.1) is 5.82 Å². The maximum absolute atomic E-state index is 13.3. The zero-order valence-corrected chi connectivity index (χ0v) is 10.7. The summed E-state index contributed by atoms with van der Waals surface area (Å²) in [6.45, 7) is 0. The summed E-state index contributed by atoms with van der Waals surface area (Å²) in [5.74, 6) is -1.94. The Bertz CT molecular complexity index is 557. The Morgan fingerprint density at radius 2 is 1.74 bits per heavy atom. The van der Waals surface area contributed by atoms with Gasteiger partial charge in [-0.2, -0.15) is 0 Å². The molecule has 0 bridgehead atoms. The number of hydrogen-bond acceptors (Lipinski definition) is 4. The molecule has 1 aliphatic rings. The predicted molar refractivity (Wildman–Crippen MR) is 65.7 cm³/mol. The van der Waals surface area contributed by atoms with Crippen LogP contribution in [0.25, 0.3) is 5.57 Å². The first-order valence-corrected chi connectivity index (χ1v) is 5.77. The van der Waals surface area contributed by atoms with E-state index in [0.29, 0.717) is 24.0 Å². The number of carbonyl (C=O) groups is 2. The number of hydrogen-bond donors (Lipinski definition) is 0. The number of halogens is 1. The molecule has 1 aromatic rings. The standard InChI is InChI=1S/C14H13FO4/c1-18-13(16)12(14(17)19-2)10-6-4-8-3-5-9(15)7-11(8)10/h3,5,7H,4,6H2,1-2H3. The minimum absolute atomic E-state index is 0.158. The lowest BCUT2D eigenvalue weighted by Gasteiger charge is -2.08. The number of aryl methyl sites for hydroxylation is 1. The summed E-state index contributed by atoms with van der Waals surface area (Å²) in [6, 6.07) is 4.34. The Morgan fingerprint density at radius 1 is 1.11 bits per heavy atom. The summed E-state index contributed by atoms with van der Waals surface area (Å²) in [7, 11) is 2.38. The van der Waals surface area contributed by atoms with Crippen molar-refractivity contribution in [2.24, 2.45) is 0 Å². The molecule has 19 heavy (non-hydrogen) atoms. The smallest absolute Gasteiger partial charge is 0.345 e. The van der Waals surface area contributed by atoms with E-state index < -0.39 is 17.8 Å². The van der Waals surface area contributed by atoms with Crippen molar-refractivity contribution in [3.63, 3.8) is 0 Å². The van der Waals surface area contributed by atoms with Gasteiger partial charge < -0.3 is 9.47 Å². The molecule has 0 radical (unpaired) electrons. The van der Waals surface area contributed by atoms with E-state index in [9.17, 15) is 14.0 Å². The topological polar surface area (TPSA) is 52.6 Å². The summed E-state index contributed by atoms with van der Waals surface area (Å²) in [4.78, 5) is 23.4. The van der Waals surface area contributed by atoms with Gasteiger partial charge in [0, 0.05) is 0 Å². The molecular formula is C14H13FO4. The number of allylic oxidation sites excluding steroid dienone is 1. The van der Waals surface area contributed by atoms with Gasteiger partial charge in [0.05, 0.1) is 14.2 Å². The maximum Gasteiger partial charge on any atom is 0.345 e. The first-order valence-electron chi connectivity index (χ1n) is 5.77. The van der Waals surface area contributed by atoms with Crippen LogP contribution in [0.15, 0.2) is 23.8 Å². The third kappa shape index (κ3) is 2.36. The lowest BCUT2D eigenvalue weighted by atomic mass is 10.0. The Labute approximate surface area is 109 Å². The molecule has 0 heterocycles. The number of fused-ring (bicyclic) bond motifs is 1. The molecule has 5 heteroatoms. The fourth-order valence-electron chi connectivity index (χ4n) is 2.24. The molecule has 0 atom stereocenters. The highest BCUT2D eigenvalue weighted by Crippen LogP contribution is 2.35. The van der Waals surface area contributed by atoms with Crippen molar-refractivity contribution in [1.82, 2.24) is 0 Å². The minimum Gasteiger partial charge on any atom is -0.465 e. The molecule has 0 amide bonds. The normalized spacial score (nSPS) is 12.9. The van der Waals surface area contributed by atoms with Crippen LogP contribution in [0.1, 0.15) is 17.5 Å². The molecule has 0 fully saturated rings. The molecule has 2 rings (SSSR count). The highest BCUT2D eigenvalue weighted by Gasteiger charge is 2.29. The number of rotatable bonds is 2.